The van der Waals surface area contributed by atoms with Gasteiger partial charge in [-0.05, 0) is 23.8 Å². The summed E-state index contributed by atoms with van der Waals surface area (Å²) in [5, 5.41) is 0. The first-order valence-corrected chi connectivity index (χ1v) is 6.58. The molecular formula is C11H16FO3P. The molecular weight excluding hydrogens is 230 g/mol. The predicted molar refractivity (Wildman–Crippen MR) is 64.2 cm³/mol. The topological polar surface area (TPSA) is 49.7 Å². The van der Waals surface area contributed by atoms with Crippen molar-refractivity contribution in [2.45, 2.75) is 26.2 Å². The van der Waals surface area contributed by atoms with Crippen molar-refractivity contribution in [3.8, 4) is 5.75 Å². The molecule has 2 N–H and O–H groups in total. The maximum absolute atomic E-state index is 13.7. The van der Waals surface area contributed by atoms with Crippen molar-refractivity contribution in [1.82, 2.24) is 0 Å². The lowest BCUT2D eigenvalue weighted by atomic mass is 9.86. The average molecular weight is 246 g/mol. The summed E-state index contributed by atoms with van der Waals surface area (Å²) in [6, 6.07) is 4.26. The Kier molecular flexibility index (Phi) is 3.48. The molecule has 0 amide bonds. The Hall–Kier alpha value is -0.830. The smallest absolute Gasteiger partial charge is 0.297 e. The first-order valence-electron chi connectivity index (χ1n) is 4.79. The third-order valence-electron chi connectivity index (χ3n) is 1.97. The average Bonchev–Trinajstić information content (AvgIpc) is 1.97. The van der Waals surface area contributed by atoms with Gasteiger partial charge in [-0.1, -0.05) is 26.8 Å². The standard InChI is InChI=1S/C11H16FO3P/c1-11(2,3)10-8(12)6-5-7-9(10)15-16(4,13)14/h5-7,13-14H,4H2,1-3H3. The minimum absolute atomic E-state index is 0.126. The summed E-state index contributed by atoms with van der Waals surface area (Å²) in [6.45, 7) is 5.45. The molecule has 0 fully saturated rings. The van der Waals surface area contributed by atoms with Crippen LogP contribution in [0.2, 0.25) is 0 Å². The van der Waals surface area contributed by atoms with Crippen LogP contribution < -0.4 is 4.52 Å². The third-order valence-corrected chi connectivity index (χ3v) is 2.46. The van der Waals surface area contributed by atoms with Crippen LogP contribution in [0, 0.1) is 5.82 Å². The summed E-state index contributed by atoms with van der Waals surface area (Å²) in [5.74, 6) is -0.306. The summed E-state index contributed by atoms with van der Waals surface area (Å²) < 4.78 is 18.6. The summed E-state index contributed by atoms with van der Waals surface area (Å²) >= 11 is 0. The molecule has 1 rings (SSSR count). The van der Waals surface area contributed by atoms with E-state index in [4.69, 9.17) is 14.3 Å². The Bertz CT molecular complexity index is 431. The molecule has 0 radical (unpaired) electrons. The summed E-state index contributed by atoms with van der Waals surface area (Å²) in [4.78, 5) is 18.3. The van der Waals surface area contributed by atoms with Gasteiger partial charge in [0.05, 0.1) is 0 Å². The van der Waals surface area contributed by atoms with Crippen LogP contribution in [-0.2, 0) is 5.41 Å². The molecule has 1 aromatic carbocycles. The second-order valence-electron chi connectivity index (χ2n) is 4.62. The number of halogens is 1. The van der Waals surface area contributed by atoms with Gasteiger partial charge in [-0.2, -0.15) is 0 Å². The molecule has 0 atom stereocenters. The first-order chi connectivity index (χ1) is 7.11. The van der Waals surface area contributed by atoms with Gasteiger partial charge in [-0.3, -0.25) is 0 Å². The Morgan fingerprint density at radius 1 is 1.31 bits per heavy atom. The molecule has 16 heavy (non-hydrogen) atoms. The van der Waals surface area contributed by atoms with Crippen LogP contribution in [-0.4, -0.2) is 16.1 Å². The fraction of sp³-hybridized carbons (Fsp3) is 0.364. The van der Waals surface area contributed by atoms with E-state index in [0.29, 0.717) is 5.56 Å². The maximum Gasteiger partial charge on any atom is 0.297 e. The molecule has 0 spiro atoms. The van der Waals surface area contributed by atoms with Gasteiger partial charge in [-0.25, -0.2) is 4.39 Å². The van der Waals surface area contributed by atoms with Gasteiger partial charge < -0.3 is 14.3 Å². The lowest BCUT2D eigenvalue weighted by Gasteiger charge is -2.24. The molecule has 0 unspecified atom stereocenters. The van der Waals surface area contributed by atoms with E-state index in [0.717, 1.165) is 0 Å². The summed E-state index contributed by atoms with van der Waals surface area (Å²) in [7, 11) is -3.67. The molecule has 5 heteroatoms. The van der Waals surface area contributed by atoms with E-state index in [9.17, 15) is 4.39 Å². The van der Waals surface area contributed by atoms with Gasteiger partial charge in [0.2, 0.25) is 0 Å². The Morgan fingerprint density at radius 3 is 2.31 bits per heavy atom. The minimum Gasteiger partial charge on any atom is -0.432 e. The van der Waals surface area contributed by atoms with E-state index in [1.165, 1.54) is 18.2 Å². The predicted octanol–water partition coefficient (Wildman–Crippen LogP) is 2.68. The van der Waals surface area contributed by atoms with Gasteiger partial charge in [0.25, 0.3) is 7.57 Å². The number of rotatable bonds is 2. The highest BCUT2D eigenvalue weighted by atomic mass is 31.2. The van der Waals surface area contributed by atoms with E-state index < -0.39 is 18.8 Å². The van der Waals surface area contributed by atoms with E-state index >= 15 is 0 Å². The van der Waals surface area contributed by atoms with Crippen molar-refractivity contribution in [1.29, 1.82) is 0 Å². The van der Waals surface area contributed by atoms with E-state index in [1.54, 1.807) is 0 Å². The molecule has 0 aliphatic heterocycles. The highest BCUT2D eigenvalue weighted by Gasteiger charge is 2.25. The lowest BCUT2D eigenvalue weighted by Crippen LogP contribution is -2.15. The van der Waals surface area contributed by atoms with Crippen LogP contribution in [0.5, 0.6) is 5.75 Å². The molecule has 0 aliphatic carbocycles. The van der Waals surface area contributed by atoms with Gasteiger partial charge in [-0.15, -0.1) is 0 Å². The van der Waals surface area contributed by atoms with Gasteiger partial charge in [0.15, 0.2) is 0 Å². The monoisotopic (exact) mass is 246 g/mol. The van der Waals surface area contributed by atoms with Crippen molar-refractivity contribution in [2.75, 3.05) is 0 Å². The quantitative estimate of drug-likeness (QED) is 0.789. The summed E-state index contributed by atoms with van der Waals surface area (Å²) in [5.41, 5.74) is -0.179. The second kappa shape index (κ2) is 4.21. The Labute approximate surface area is 94.7 Å². The Morgan fingerprint density at radius 2 is 1.88 bits per heavy atom. The molecule has 1 aromatic rings. The van der Waals surface area contributed by atoms with Gasteiger partial charge in [0.1, 0.15) is 11.6 Å². The minimum atomic E-state index is -3.67. The van der Waals surface area contributed by atoms with Crippen LogP contribution in [0.15, 0.2) is 18.2 Å². The number of hydrogen-bond donors (Lipinski definition) is 2. The zero-order chi connectivity index (χ0) is 12.6. The van der Waals surface area contributed by atoms with Crippen molar-refractivity contribution in [3.63, 3.8) is 0 Å². The molecule has 0 heterocycles. The highest BCUT2D eigenvalue weighted by Crippen LogP contribution is 2.42. The molecule has 0 saturated carbocycles. The van der Waals surface area contributed by atoms with E-state index in [1.807, 2.05) is 20.8 Å². The zero-order valence-electron chi connectivity index (χ0n) is 9.57. The number of hydrogen-bond acceptors (Lipinski definition) is 3. The molecule has 0 saturated heterocycles. The second-order valence-corrected chi connectivity index (χ2v) is 6.13. The van der Waals surface area contributed by atoms with E-state index in [-0.39, 0.29) is 5.75 Å². The highest BCUT2D eigenvalue weighted by molar-refractivity contribution is 7.58. The molecule has 90 valence electrons. The molecule has 3 nitrogen and oxygen atoms in total. The van der Waals surface area contributed by atoms with Crippen molar-refractivity contribution < 1.29 is 18.7 Å². The maximum atomic E-state index is 13.7. The lowest BCUT2D eigenvalue weighted by molar-refractivity contribution is 0.360. The van der Waals surface area contributed by atoms with Crippen LogP contribution in [0.4, 0.5) is 4.39 Å². The fourth-order valence-electron chi connectivity index (χ4n) is 1.47. The third kappa shape index (κ3) is 3.34. The van der Waals surface area contributed by atoms with Gasteiger partial charge in [0, 0.05) is 5.56 Å². The first kappa shape index (κ1) is 13.2. The normalized spacial score (nSPS) is 12.6. The van der Waals surface area contributed by atoms with Gasteiger partial charge >= 0.3 is 0 Å². The number of benzene rings is 1. The van der Waals surface area contributed by atoms with Crippen molar-refractivity contribution >= 4 is 13.9 Å². The SMILES string of the molecule is C=P(O)(O)Oc1cccc(F)c1C(C)(C)C. The van der Waals surface area contributed by atoms with Crippen LogP contribution in [0.25, 0.3) is 0 Å². The largest absolute Gasteiger partial charge is 0.432 e. The molecule has 0 aliphatic rings. The Balaban J connectivity index is 3.30. The van der Waals surface area contributed by atoms with Crippen LogP contribution >= 0.6 is 7.57 Å². The summed E-state index contributed by atoms with van der Waals surface area (Å²) in [6.07, 6.45) is 3.10. The van der Waals surface area contributed by atoms with Crippen LogP contribution in [0.1, 0.15) is 26.3 Å². The van der Waals surface area contributed by atoms with Crippen molar-refractivity contribution in [3.05, 3.63) is 29.6 Å². The fourth-order valence-corrected chi connectivity index (χ4v) is 1.93. The zero-order valence-corrected chi connectivity index (χ0v) is 10.5. The van der Waals surface area contributed by atoms with Crippen molar-refractivity contribution in [2.24, 2.45) is 0 Å². The molecule has 0 aromatic heterocycles. The van der Waals surface area contributed by atoms with E-state index in [2.05, 4.69) is 6.30 Å². The van der Waals surface area contributed by atoms with Crippen LogP contribution in [0.3, 0.4) is 0 Å². The molecule has 0 bridgehead atoms.